The van der Waals surface area contributed by atoms with Crippen molar-refractivity contribution in [3.8, 4) is 22.8 Å². The highest BCUT2D eigenvalue weighted by molar-refractivity contribution is 7.23. The van der Waals surface area contributed by atoms with Crippen LogP contribution < -0.4 is 9.47 Å². The van der Waals surface area contributed by atoms with E-state index in [4.69, 9.17) is 14.5 Å². The molecule has 0 atom stereocenters. The Bertz CT molecular complexity index is 1290. The summed E-state index contributed by atoms with van der Waals surface area (Å²) in [7, 11) is 3.37. The number of methoxy groups -OCH3 is 2. The summed E-state index contributed by atoms with van der Waals surface area (Å²) in [5.41, 5.74) is 4.37. The first-order valence-corrected chi connectivity index (χ1v) is 12.1. The van der Waals surface area contributed by atoms with E-state index >= 15 is 0 Å². The number of nitrogens with zero attached hydrogens (tertiary/aromatic N) is 4. The lowest BCUT2D eigenvalue weighted by Crippen LogP contribution is -2.48. The summed E-state index contributed by atoms with van der Waals surface area (Å²) in [4.78, 5) is 22.5. The van der Waals surface area contributed by atoms with Gasteiger partial charge in [-0.05, 0) is 42.5 Å². The topological polar surface area (TPSA) is 59.3 Å². The van der Waals surface area contributed by atoms with Gasteiger partial charge in [-0.3, -0.25) is 14.1 Å². The maximum atomic E-state index is 12.1. The van der Waals surface area contributed by atoms with Gasteiger partial charge in [0.2, 0.25) is 5.91 Å². The van der Waals surface area contributed by atoms with Crippen LogP contribution in [0.15, 0.2) is 42.5 Å². The smallest absolute Gasteiger partial charge is 0.222 e. The summed E-state index contributed by atoms with van der Waals surface area (Å²) < 4.78 is 14.2. The zero-order valence-electron chi connectivity index (χ0n) is 19.2. The van der Waals surface area contributed by atoms with E-state index in [1.807, 2.05) is 30.0 Å². The fourth-order valence-electron chi connectivity index (χ4n) is 4.45. The number of carbonyl (C=O) groups excluding carboxylic acids is 1. The molecule has 3 heterocycles. The maximum Gasteiger partial charge on any atom is 0.222 e. The summed E-state index contributed by atoms with van der Waals surface area (Å²) in [5, 5.41) is 0. The quantitative estimate of drug-likeness (QED) is 0.426. The molecule has 0 spiro atoms. The number of imidazole rings is 1. The Balaban J connectivity index is 1.55. The van der Waals surface area contributed by atoms with Crippen molar-refractivity contribution in [3.63, 3.8) is 0 Å². The molecule has 7 nitrogen and oxygen atoms in total. The van der Waals surface area contributed by atoms with Crippen LogP contribution in [0.5, 0.6) is 11.5 Å². The largest absolute Gasteiger partial charge is 0.497 e. The molecule has 172 valence electrons. The Hall–Kier alpha value is -3.10. The molecule has 2 aromatic heterocycles. The van der Waals surface area contributed by atoms with Crippen LogP contribution >= 0.6 is 11.3 Å². The van der Waals surface area contributed by atoms with Crippen molar-refractivity contribution >= 4 is 32.4 Å². The van der Waals surface area contributed by atoms with E-state index in [1.165, 1.54) is 5.69 Å². The minimum Gasteiger partial charge on any atom is -0.497 e. The molecule has 1 aliphatic rings. The van der Waals surface area contributed by atoms with Gasteiger partial charge in [0.05, 0.1) is 35.8 Å². The van der Waals surface area contributed by atoms with Gasteiger partial charge in [-0.1, -0.05) is 18.3 Å². The molecule has 0 saturated carbocycles. The summed E-state index contributed by atoms with van der Waals surface area (Å²) >= 11 is 1.67. The number of amides is 1. The molecule has 2 aromatic carbocycles. The van der Waals surface area contributed by atoms with Gasteiger partial charge in [-0.25, -0.2) is 4.98 Å². The molecule has 8 heteroatoms. The summed E-state index contributed by atoms with van der Waals surface area (Å²) in [6.07, 6.45) is 0.565. The highest BCUT2D eigenvalue weighted by Crippen LogP contribution is 2.35. The number of benzene rings is 2. The monoisotopic (exact) mass is 464 g/mol. The molecule has 0 unspecified atom stereocenters. The third-order valence-electron chi connectivity index (χ3n) is 6.32. The molecule has 0 aliphatic carbocycles. The fourth-order valence-corrected chi connectivity index (χ4v) is 5.52. The second kappa shape index (κ2) is 9.03. The van der Waals surface area contributed by atoms with Crippen molar-refractivity contribution in [1.29, 1.82) is 0 Å². The Kier molecular flexibility index (Phi) is 5.95. The molecule has 0 radical (unpaired) electrons. The number of aromatic nitrogens is 2. The van der Waals surface area contributed by atoms with Crippen LogP contribution in [0.2, 0.25) is 0 Å². The molecule has 33 heavy (non-hydrogen) atoms. The van der Waals surface area contributed by atoms with Gasteiger partial charge in [-0.2, -0.15) is 0 Å². The van der Waals surface area contributed by atoms with E-state index in [0.717, 1.165) is 70.7 Å². The van der Waals surface area contributed by atoms with Crippen molar-refractivity contribution in [3.05, 3.63) is 48.2 Å². The van der Waals surface area contributed by atoms with E-state index in [1.54, 1.807) is 25.6 Å². The Morgan fingerprint density at radius 1 is 1.00 bits per heavy atom. The molecule has 0 bridgehead atoms. The summed E-state index contributed by atoms with van der Waals surface area (Å²) in [6, 6.07) is 14.3. The van der Waals surface area contributed by atoms with Gasteiger partial charge in [0.1, 0.15) is 11.5 Å². The van der Waals surface area contributed by atoms with Gasteiger partial charge in [0.15, 0.2) is 4.96 Å². The molecule has 1 aliphatic heterocycles. The lowest BCUT2D eigenvalue weighted by atomic mass is 10.1. The highest BCUT2D eigenvalue weighted by Gasteiger charge is 2.24. The van der Waals surface area contributed by atoms with Crippen molar-refractivity contribution in [2.45, 2.75) is 19.9 Å². The molecule has 5 rings (SSSR count). The zero-order chi connectivity index (χ0) is 22.9. The van der Waals surface area contributed by atoms with E-state index < -0.39 is 0 Å². The highest BCUT2D eigenvalue weighted by atomic mass is 32.1. The first-order valence-electron chi connectivity index (χ1n) is 11.2. The average Bonchev–Trinajstić information content (AvgIpc) is 3.39. The number of hydrogen-bond acceptors (Lipinski definition) is 6. The average molecular weight is 465 g/mol. The number of fused-ring (bicyclic) bond motifs is 3. The van der Waals surface area contributed by atoms with Crippen LogP contribution in [0.25, 0.3) is 26.4 Å². The van der Waals surface area contributed by atoms with Crippen LogP contribution in [0.3, 0.4) is 0 Å². The number of thiazole rings is 1. The van der Waals surface area contributed by atoms with Crippen LogP contribution in [0.1, 0.15) is 19.0 Å². The van der Waals surface area contributed by atoms with Crippen LogP contribution in [0.4, 0.5) is 0 Å². The van der Waals surface area contributed by atoms with Crippen molar-refractivity contribution in [1.82, 2.24) is 19.2 Å². The van der Waals surface area contributed by atoms with Crippen LogP contribution in [0, 0.1) is 0 Å². The molecule has 1 amide bonds. The standard InChI is InChI=1S/C25H28N4O3S/c1-4-23(30)28-13-11-27(12-14-28)16-21-24(17-5-7-18(31-2)8-6-17)26-25-29(21)20-10-9-19(32-3)15-22(20)33-25/h5-10,15H,4,11-14,16H2,1-3H3. The molecule has 4 aromatic rings. The Labute approximate surface area is 197 Å². The fraction of sp³-hybridized carbons (Fsp3) is 0.360. The predicted octanol–water partition coefficient (Wildman–Crippen LogP) is 4.29. The second-order valence-electron chi connectivity index (χ2n) is 8.20. The summed E-state index contributed by atoms with van der Waals surface area (Å²) in [6.45, 7) is 5.96. The molecular formula is C25H28N4O3S. The minimum absolute atomic E-state index is 0.234. The van der Waals surface area contributed by atoms with Gasteiger partial charge >= 0.3 is 0 Å². The SMILES string of the molecule is CCC(=O)N1CCN(Cc2c(-c3ccc(OC)cc3)nc3sc4cc(OC)ccc4n23)CC1. The van der Waals surface area contributed by atoms with Crippen molar-refractivity contribution in [2.24, 2.45) is 0 Å². The molecule has 1 saturated heterocycles. The molecule has 0 N–H and O–H groups in total. The second-order valence-corrected chi connectivity index (χ2v) is 9.21. The first kappa shape index (κ1) is 21.7. The lowest BCUT2D eigenvalue weighted by Gasteiger charge is -2.34. The number of piperazine rings is 1. The zero-order valence-corrected chi connectivity index (χ0v) is 20.0. The first-order chi connectivity index (χ1) is 16.1. The number of hydrogen-bond donors (Lipinski definition) is 0. The van der Waals surface area contributed by atoms with Crippen LogP contribution in [-0.2, 0) is 11.3 Å². The lowest BCUT2D eigenvalue weighted by molar-refractivity contribution is -0.132. The van der Waals surface area contributed by atoms with E-state index in [0.29, 0.717) is 6.42 Å². The van der Waals surface area contributed by atoms with Crippen molar-refractivity contribution < 1.29 is 14.3 Å². The van der Waals surface area contributed by atoms with Gasteiger partial charge < -0.3 is 14.4 Å². The Morgan fingerprint density at radius 2 is 1.70 bits per heavy atom. The van der Waals surface area contributed by atoms with E-state index in [9.17, 15) is 4.79 Å². The van der Waals surface area contributed by atoms with E-state index in [2.05, 4.69) is 33.6 Å². The normalized spacial score (nSPS) is 14.8. The Morgan fingerprint density at radius 3 is 2.36 bits per heavy atom. The third-order valence-corrected chi connectivity index (χ3v) is 7.32. The van der Waals surface area contributed by atoms with Gasteiger partial charge in [-0.15, -0.1) is 0 Å². The third kappa shape index (κ3) is 4.05. The van der Waals surface area contributed by atoms with Gasteiger partial charge in [0, 0.05) is 44.7 Å². The number of carbonyl (C=O) groups is 1. The molecule has 1 fully saturated rings. The maximum absolute atomic E-state index is 12.1. The summed E-state index contributed by atoms with van der Waals surface area (Å²) in [5.74, 6) is 1.91. The predicted molar refractivity (Wildman–Crippen MR) is 131 cm³/mol. The molecular weight excluding hydrogens is 436 g/mol. The number of rotatable bonds is 6. The van der Waals surface area contributed by atoms with Gasteiger partial charge in [0.25, 0.3) is 0 Å². The number of ether oxygens (including phenoxy) is 2. The van der Waals surface area contributed by atoms with Crippen molar-refractivity contribution in [2.75, 3.05) is 40.4 Å². The minimum atomic E-state index is 0.234. The van der Waals surface area contributed by atoms with Crippen LogP contribution in [-0.4, -0.2) is 65.5 Å². The van der Waals surface area contributed by atoms with E-state index in [-0.39, 0.29) is 5.91 Å².